The number of rotatable bonds is 5. The van der Waals surface area contributed by atoms with Crippen molar-refractivity contribution >= 4 is 32.4 Å². The van der Waals surface area contributed by atoms with Crippen molar-refractivity contribution in [2.24, 2.45) is 0 Å². The standard InChI is InChI=1S/C19H18BrNO/c1-2-22-19-12-7-14-5-3-4-6-17(14)18(19)13-21-16-10-8-15(20)9-11-16/h3-12,21H,2,13H2,1H3. The summed E-state index contributed by atoms with van der Waals surface area (Å²) in [5.41, 5.74) is 2.29. The van der Waals surface area contributed by atoms with Gasteiger partial charge in [0.15, 0.2) is 0 Å². The van der Waals surface area contributed by atoms with Gasteiger partial charge in [-0.25, -0.2) is 0 Å². The molecule has 0 fully saturated rings. The van der Waals surface area contributed by atoms with Crippen LogP contribution in [0.3, 0.4) is 0 Å². The Hall–Kier alpha value is -2.00. The Balaban J connectivity index is 1.93. The van der Waals surface area contributed by atoms with Gasteiger partial charge >= 0.3 is 0 Å². The van der Waals surface area contributed by atoms with Crippen molar-refractivity contribution in [3.63, 3.8) is 0 Å². The maximum atomic E-state index is 5.81. The summed E-state index contributed by atoms with van der Waals surface area (Å²) in [6.07, 6.45) is 0. The average Bonchev–Trinajstić information content (AvgIpc) is 2.55. The fraction of sp³-hybridized carbons (Fsp3) is 0.158. The second-order valence-electron chi connectivity index (χ2n) is 5.06. The minimum Gasteiger partial charge on any atom is -0.494 e. The van der Waals surface area contributed by atoms with Gasteiger partial charge in [-0.1, -0.05) is 46.3 Å². The monoisotopic (exact) mass is 355 g/mol. The lowest BCUT2D eigenvalue weighted by Gasteiger charge is -2.15. The van der Waals surface area contributed by atoms with Crippen molar-refractivity contribution < 1.29 is 4.74 Å². The van der Waals surface area contributed by atoms with Crippen LogP contribution in [0.1, 0.15) is 12.5 Å². The molecule has 0 radical (unpaired) electrons. The van der Waals surface area contributed by atoms with Crippen LogP contribution in [0.5, 0.6) is 5.75 Å². The molecule has 0 bridgehead atoms. The van der Waals surface area contributed by atoms with Crippen molar-refractivity contribution in [3.8, 4) is 5.75 Å². The molecule has 0 atom stereocenters. The summed E-state index contributed by atoms with van der Waals surface area (Å²) >= 11 is 3.46. The quantitative estimate of drug-likeness (QED) is 0.641. The molecule has 0 aliphatic heterocycles. The first kappa shape index (κ1) is 14.9. The number of anilines is 1. The topological polar surface area (TPSA) is 21.3 Å². The lowest BCUT2D eigenvalue weighted by molar-refractivity contribution is 0.337. The largest absolute Gasteiger partial charge is 0.494 e. The van der Waals surface area contributed by atoms with Crippen LogP contribution in [-0.2, 0) is 6.54 Å². The molecule has 22 heavy (non-hydrogen) atoms. The normalized spacial score (nSPS) is 10.6. The van der Waals surface area contributed by atoms with Gasteiger partial charge in [-0.3, -0.25) is 0 Å². The lowest BCUT2D eigenvalue weighted by atomic mass is 10.0. The molecule has 0 aliphatic carbocycles. The molecular formula is C19H18BrNO. The van der Waals surface area contributed by atoms with Gasteiger partial charge < -0.3 is 10.1 Å². The van der Waals surface area contributed by atoms with Gasteiger partial charge in [-0.15, -0.1) is 0 Å². The summed E-state index contributed by atoms with van der Waals surface area (Å²) < 4.78 is 6.89. The third-order valence-electron chi connectivity index (χ3n) is 3.61. The first-order valence-corrected chi connectivity index (χ1v) is 8.20. The molecular weight excluding hydrogens is 338 g/mol. The van der Waals surface area contributed by atoms with Crippen molar-refractivity contribution in [3.05, 3.63) is 70.7 Å². The number of ether oxygens (including phenoxy) is 1. The highest BCUT2D eigenvalue weighted by atomic mass is 79.9. The van der Waals surface area contributed by atoms with E-state index in [0.29, 0.717) is 6.61 Å². The van der Waals surface area contributed by atoms with Gasteiger partial charge in [0.2, 0.25) is 0 Å². The third-order valence-corrected chi connectivity index (χ3v) is 4.14. The second kappa shape index (κ2) is 6.84. The number of fused-ring (bicyclic) bond motifs is 1. The maximum absolute atomic E-state index is 5.81. The summed E-state index contributed by atoms with van der Waals surface area (Å²) in [6, 6.07) is 20.8. The molecule has 0 unspecified atom stereocenters. The first-order chi connectivity index (χ1) is 10.8. The van der Waals surface area contributed by atoms with E-state index in [4.69, 9.17) is 4.74 Å². The third kappa shape index (κ3) is 3.25. The predicted molar refractivity (Wildman–Crippen MR) is 96.6 cm³/mol. The number of nitrogens with one attached hydrogen (secondary N) is 1. The first-order valence-electron chi connectivity index (χ1n) is 7.41. The van der Waals surface area contributed by atoms with Crippen LogP contribution >= 0.6 is 15.9 Å². The molecule has 3 heteroatoms. The van der Waals surface area contributed by atoms with Gasteiger partial charge in [0.05, 0.1) is 6.61 Å². The van der Waals surface area contributed by atoms with Gasteiger partial charge in [0.25, 0.3) is 0 Å². The van der Waals surface area contributed by atoms with Crippen LogP contribution in [0.2, 0.25) is 0 Å². The van der Waals surface area contributed by atoms with E-state index in [0.717, 1.165) is 22.5 Å². The molecule has 0 spiro atoms. The molecule has 3 aromatic rings. The zero-order valence-electron chi connectivity index (χ0n) is 12.5. The fourth-order valence-corrected chi connectivity index (χ4v) is 2.81. The van der Waals surface area contributed by atoms with Crippen molar-refractivity contribution in [1.82, 2.24) is 0 Å². The SMILES string of the molecule is CCOc1ccc2ccccc2c1CNc1ccc(Br)cc1. The summed E-state index contributed by atoms with van der Waals surface area (Å²) in [4.78, 5) is 0. The molecule has 2 nitrogen and oxygen atoms in total. The van der Waals surface area contributed by atoms with E-state index >= 15 is 0 Å². The zero-order chi connectivity index (χ0) is 15.4. The lowest BCUT2D eigenvalue weighted by Crippen LogP contribution is -2.04. The van der Waals surface area contributed by atoms with Crippen molar-refractivity contribution in [2.45, 2.75) is 13.5 Å². The Labute approximate surface area is 139 Å². The van der Waals surface area contributed by atoms with Crippen molar-refractivity contribution in [1.29, 1.82) is 0 Å². The van der Waals surface area contributed by atoms with Crippen LogP contribution < -0.4 is 10.1 Å². The Morgan fingerprint density at radius 2 is 1.73 bits per heavy atom. The van der Waals surface area contributed by atoms with E-state index in [2.05, 4.69) is 69.8 Å². The summed E-state index contributed by atoms with van der Waals surface area (Å²) in [6.45, 7) is 3.42. The second-order valence-corrected chi connectivity index (χ2v) is 5.97. The van der Waals surface area contributed by atoms with Gasteiger partial charge in [0, 0.05) is 22.3 Å². The van der Waals surface area contributed by atoms with E-state index in [9.17, 15) is 0 Å². The molecule has 1 N–H and O–H groups in total. The van der Waals surface area contributed by atoms with Gasteiger partial charge in [0.1, 0.15) is 5.75 Å². The Morgan fingerprint density at radius 3 is 2.50 bits per heavy atom. The number of halogens is 1. The van der Waals surface area contributed by atoms with E-state index in [1.807, 2.05) is 19.1 Å². The minimum atomic E-state index is 0.670. The molecule has 0 aromatic heterocycles. The molecule has 112 valence electrons. The molecule has 0 saturated heterocycles. The summed E-state index contributed by atoms with van der Waals surface area (Å²) in [7, 11) is 0. The van der Waals surface area contributed by atoms with Gasteiger partial charge in [-0.2, -0.15) is 0 Å². The van der Waals surface area contributed by atoms with Crippen molar-refractivity contribution in [2.75, 3.05) is 11.9 Å². The zero-order valence-corrected chi connectivity index (χ0v) is 14.1. The Kier molecular flexibility index (Phi) is 4.64. The van der Waals surface area contributed by atoms with Gasteiger partial charge in [-0.05, 0) is 48.0 Å². The fourth-order valence-electron chi connectivity index (χ4n) is 2.55. The molecule has 3 aromatic carbocycles. The number of hydrogen-bond donors (Lipinski definition) is 1. The predicted octanol–water partition coefficient (Wildman–Crippen LogP) is 5.61. The highest BCUT2D eigenvalue weighted by Gasteiger charge is 2.08. The molecule has 0 aliphatic rings. The van der Waals surface area contributed by atoms with E-state index in [-0.39, 0.29) is 0 Å². The van der Waals surface area contributed by atoms with E-state index in [1.54, 1.807) is 0 Å². The van der Waals surface area contributed by atoms with Crippen LogP contribution in [0.15, 0.2) is 65.1 Å². The minimum absolute atomic E-state index is 0.670. The Morgan fingerprint density at radius 1 is 0.955 bits per heavy atom. The number of benzene rings is 3. The van der Waals surface area contributed by atoms with E-state index < -0.39 is 0 Å². The molecule has 0 saturated carbocycles. The van der Waals surface area contributed by atoms with Crippen LogP contribution in [0.25, 0.3) is 10.8 Å². The average molecular weight is 356 g/mol. The summed E-state index contributed by atoms with van der Waals surface area (Å²) in [5, 5.41) is 5.95. The van der Waals surface area contributed by atoms with Crippen LogP contribution in [-0.4, -0.2) is 6.61 Å². The molecule has 3 rings (SSSR count). The number of hydrogen-bond acceptors (Lipinski definition) is 2. The smallest absolute Gasteiger partial charge is 0.124 e. The summed E-state index contributed by atoms with van der Waals surface area (Å²) in [5.74, 6) is 0.950. The Bertz CT molecular complexity index is 768. The highest BCUT2D eigenvalue weighted by molar-refractivity contribution is 9.10. The molecule has 0 amide bonds. The molecule has 0 heterocycles. The highest BCUT2D eigenvalue weighted by Crippen LogP contribution is 2.29. The van der Waals surface area contributed by atoms with E-state index in [1.165, 1.54) is 16.3 Å². The van der Waals surface area contributed by atoms with Crippen LogP contribution in [0.4, 0.5) is 5.69 Å². The van der Waals surface area contributed by atoms with Crippen LogP contribution in [0, 0.1) is 0 Å². The maximum Gasteiger partial charge on any atom is 0.124 e.